The molecule has 0 aliphatic rings. The molecule has 0 saturated heterocycles. The molecule has 0 fully saturated rings. The van der Waals surface area contributed by atoms with Gasteiger partial charge in [-0.1, -0.05) is 13.8 Å². The SMILES string of the molecule is Cc1[nH]ncc1CN(C)c1nc(C(C)C)ccc1C#N. The molecule has 0 saturated carbocycles. The Morgan fingerprint density at radius 1 is 1.40 bits per heavy atom. The minimum absolute atomic E-state index is 0.338. The number of aryl methyl sites for hydroxylation is 1. The molecular weight excluding hydrogens is 250 g/mol. The molecule has 0 spiro atoms. The molecule has 2 rings (SSSR count). The van der Waals surface area contributed by atoms with Crippen molar-refractivity contribution in [1.29, 1.82) is 5.26 Å². The van der Waals surface area contributed by atoms with E-state index in [0.717, 1.165) is 22.8 Å². The summed E-state index contributed by atoms with van der Waals surface area (Å²) in [5.74, 6) is 1.06. The van der Waals surface area contributed by atoms with Crippen molar-refractivity contribution >= 4 is 5.82 Å². The molecule has 5 heteroatoms. The zero-order valence-corrected chi connectivity index (χ0v) is 12.3. The van der Waals surface area contributed by atoms with Crippen molar-refractivity contribution in [2.45, 2.75) is 33.2 Å². The highest BCUT2D eigenvalue weighted by Crippen LogP contribution is 2.22. The van der Waals surface area contributed by atoms with Crippen LogP contribution in [-0.4, -0.2) is 22.2 Å². The van der Waals surface area contributed by atoms with E-state index < -0.39 is 0 Å². The normalized spacial score (nSPS) is 10.6. The molecule has 1 N–H and O–H groups in total. The number of anilines is 1. The predicted molar refractivity (Wildman–Crippen MR) is 78.5 cm³/mol. The van der Waals surface area contributed by atoms with Gasteiger partial charge in [0.15, 0.2) is 0 Å². The van der Waals surface area contributed by atoms with Crippen molar-refractivity contribution in [3.05, 3.63) is 40.8 Å². The largest absolute Gasteiger partial charge is 0.354 e. The Balaban J connectivity index is 2.33. The molecule has 0 amide bonds. The van der Waals surface area contributed by atoms with Gasteiger partial charge in [0, 0.05) is 30.5 Å². The monoisotopic (exact) mass is 269 g/mol. The fourth-order valence-corrected chi connectivity index (χ4v) is 2.03. The molecule has 104 valence electrons. The smallest absolute Gasteiger partial charge is 0.146 e. The van der Waals surface area contributed by atoms with E-state index in [-0.39, 0.29) is 0 Å². The molecule has 0 aromatic carbocycles. The average molecular weight is 269 g/mol. The highest BCUT2D eigenvalue weighted by molar-refractivity contribution is 5.54. The summed E-state index contributed by atoms with van der Waals surface area (Å²) in [4.78, 5) is 6.61. The van der Waals surface area contributed by atoms with Gasteiger partial charge >= 0.3 is 0 Å². The van der Waals surface area contributed by atoms with E-state index in [0.29, 0.717) is 18.0 Å². The molecule has 2 heterocycles. The first-order valence-corrected chi connectivity index (χ1v) is 6.64. The second kappa shape index (κ2) is 5.74. The van der Waals surface area contributed by atoms with Gasteiger partial charge in [-0.2, -0.15) is 10.4 Å². The number of nitriles is 1. The van der Waals surface area contributed by atoms with Gasteiger partial charge in [-0.3, -0.25) is 5.10 Å². The van der Waals surface area contributed by atoms with Gasteiger partial charge in [0.2, 0.25) is 0 Å². The van der Waals surface area contributed by atoms with Gasteiger partial charge in [0.1, 0.15) is 11.9 Å². The molecule has 0 radical (unpaired) electrons. The van der Waals surface area contributed by atoms with Crippen LogP contribution < -0.4 is 4.90 Å². The molecule has 0 atom stereocenters. The van der Waals surface area contributed by atoms with Crippen LogP contribution in [0.5, 0.6) is 0 Å². The summed E-state index contributed by atoms with van der Waals surface area (Å²) < 4.78 is 0. The molecule has 20 heavy (non-hydrogen) atoms. The number of nitrogens with one attached hydrogen (secondary N) is 1. The lowest BCUT2D eigenvalue weighted by molar-refractivity contribution is 0.804. The van der Waals surface area contributed by atoms with Gasteiger partial charge in [0.25, 0.3) is 0 Å². The van der Waals surface area contributed by atoms with E-state index >= 15 is 0 Å². The molecule has 0 unspecified atom stereocenters. The van der Waals surface area contributed by atoms with Crippen LogP contribution in [0, 0.1) is 18.3 Å². The topological polar surface area (TPSA) is 68.6 Å². The number of hydrogen-bond acceptors (Lipinski definition) is 4. The maximum absolute atomic E-state index is 9.24. The molecule has 0 aliphatic carbocycles. The Morgan fingerprint density at radius 2 is 2.15 bits per heavy atom. The van der Waals surface area contributed by atoms with E-state index in [1.54, 1.807) is 0 Å². The Bertz CT molecular complexity index is 636. The van der Waals surface area contributed by atoms with Crippen LogP contribution in [0.25, 0.3) is 0 Å². The minimum atomic E-state index is 0.338. The molecule has 2 aromatic rings. The predicted octanol–water partition coefficient (Wildman–Crippen LogP) is 2.74. The van der Waals surface area contributed by atoms with Crippen molar-refractivity contribution in [3.63, 3.8) is 0 Å². The van der Waals surface area contributed by atoms with Crippen molar-refractivity contribution in [2.75, 3.05) is 11.9 Å². The van der Waals surface area contributed by atoms with E-state index in [9.17, 15) is 5.26 Å². The number of hydrogen-bond donors (Lipinski definition) is 1. The number of aromatic nitrogens is 3. The second-order valence-electron chi connectivity index (χ2n) is 5.25. The van der Waals surface area contributed by atoms with Crippen LogP contribution in [0.1, 0.15) is 42.3 Å². The summed E-state index contributed by atoms with van der Waals surface area (Å²) in [6.45, 7) is 6.85. The van der Waals surface area contributed by atoms with Crippen LogP contribution in [-0.2, 0) is 6.54 Å². The van der Waals surface area contributed by atoms with Crippen LogP contribution in [0.2, 0.25) is 0 Å². The zero-order valence-electron chi connectivity index (χ0n) is 12.3. The number of rotatable bonds is 4. The molecule has 2 aromatic heterocycles. The van der Waals surface area contributed by atoms with E-state index in [4.69, 9.17) is 0 Å². The zero-order chi connectivity index (χ0) is 14.7. The third kappa shape index (κ3) is 2.80. The Labute approximate surface area is 119 Å². The minimum Gasteiger partial charge on any atom is -0.354 e. The highest BCUT2D eigenvalue weighted by atomic mass is 15.2. The lowest BCUT2D eigenvalue weighted by Gasteiger charge is -2.20. The average Bonchev–Trinajstić information content (AvgIpc) is 2.83. The number of H-pyrrole nitrogens is 1. The standard InChI is InChI=1S/C15H19N5/c1-10(2)14-6-5-12(7-16)15(18-14)20(4)9-13-8-17-19-11(13)3/h5-6,8,10H,9H2,1-4H3,(H,17,19). The van der Waals surface area contributed by atoms with Crippen LogP contribution in [0.3, 0.4) is 0 Å². The maximum Gasteiger partial charge on any atom is 0.146 e. The van der Waals surface area contributed by atoms with Gasteiger partial charge in [-0.25, -0.2) is 4.98 Å². The first-order valence-electron chi connectivity index (χ1n) is 6.64. The van der Waals surface area contributed by atoms with Crippen molar-refractivity contribution in [2.24, 2.45) is 0 Å². The second-order valence-corrected chi connectivity index (χ2v) is 5.25. The Kier molecular flexibility index (Phi) is 4.04. The lowest BCUT2D eigenvalue weighted by Crippen LogP contribution is -2.20. The van der Waals surface area contributed by atoms with Gasteiger partial charge < -0.3 is 4.90 Å². The first kappa shape index (κ1) is 14.1. The third-order valence-electron chi connectivity index (χ3n) is 3.31. The molecule has 0 bridgehead atoms. The maximum atomic E-state index is 9.24. The summed E-state index contributed by atoms with van der Waals surface area (Å²) in [5.41, 5.74) is 3.73. The quantitative estimate of drug-likeness (QED) is 0.926. The lowest BCUT2D eigenvalue weighted by atomic mass is 10.1. The van der Waals surface area contributed by atoms with Crippen LogP contribution in [0.4, 0.5) is 5.82 Å². The van der Waals surface area contributed by atoms with E-state index in [2.05, 4.69) is 35.1 Å². The van der Waals surface area contributed by atoms with Crippen molar-refractivity contribution in [3.8, 4) is 6.07 Å². The Morgan fingerprint density at radius 3 is 2.70 bits per heavy atom. The first-order chi connectivity index (χ1) is 9.52. The molecule has 5 nitrogen and oxygen atoms in total. The van der Waals surface area contributed by atoms with E-state index in [1.807, 2.05) is 37.2 Å². The summed E-state index contributed by atoms with van der Waals surface area (Å²) in [5, 5.41) is 16.2. The summed E-state index contributed by atoms with van der Waals surface area (Å²) in [7, 11) is 1.94. The summed E-state index contributed by atoms with van der Waals surface area (Å²) in [6.07, 6.45) is 1.81. The molecule has 0 aliphatic heterocycles. The Hall–Kier alpha value is -2.35. The van der Waals surface area contributed by atoms with Crippen LogP contribution >= 0.6 is 0 Å². The van der Waals surface area contributed by atoms with Crippen molar-refractivity contribution < 1.29 is 0 Å². The van der Waals surface area contributed by atoms with E-state index in [1.165, 1.54) is 0 Å². The number of pyridine rings is 1. The fraction of sp³-hybridized carbons (Fsp3) is 0.400. The third-order valence-corrected chi connectivity index (χ3v) is 3.31. The fourth-order valence-electron chi connectivity index (χ4n) is 2.03. The van der Waals surface area contributed by atoms with Gasteiger partial charge in [-0.05, 0) is 25.0 Å². The van der Waals surface area contributed by atoms with Gasteiger partial charge in [0.05, 0.1) is 11.8 Å². The highest BCUT2D eigenvalue weighted by Gasteiger charge is 2.13. The summed E-state index contributed by atoms with van der Waals surface area (Å²) in [6, 6.07) is 5.97. The molecular formula is C15H19N5. The number of aromatic amines is 1. The van der Waals surface area contributed by atoms with Gasteiger partial charge in [-0.15, -0.1) is 0 Å². The summed E-state index contributed by atoms with van der Waals surface area (Å²) >= 11 is 0. The van der Waals surface area contributed by atoms with Crippen molar-refractivity contribution in [1.82, 2.24) is 15.2 Å². The number of nitrogens with zero attached hydrogens (tertiary/aromatic N) is 4. The van der Waals surface area contributed by atoms with Crippen LogP contribution in [0.15, 0.2) is 18.3 Å².